The average Bonchev–Trinajstić information content (AvgIpc) is 2.41. The Kier molecular flexibility index (Phi) is 4.36. The Hall–Kier alpha value is -1.36. The number of rotatable bonds is 3. The molecule has 1 saturated heterocycles. The summed E-state index contributed by atoms with van der Waals surface area (Å²) in [5.74, 6) is 2.53. The molecule has 0 spiro atoms. The Balaban J connectivity index is 2.25. The van der Waals surface area contributed by atoms with E-state index in [-0.39, 0.29) is 5.91 Å². The maximum atomic E-state index is 12.4. The third-order valence-corrected chi connectivity index (χ3v) is 3.81. The lowest BCUT2D eigenvalue weighted by molar-refractivity contribution is 0.0768. The highest BCUT2D eigenvalue weighted by Gasteiger charge is 2.22. The Morgan fingerprint density at radius 1 is 1.44 bits per heavy atom. The number of amides is 1. The zero-order chi connectivity index (χ0) is 13.0. The molecular weight excluding hydrogens is 248 g/mol. The van der Waals surface area contributed by atoms with E-state index in [1.807, 2.05) is 23.6 Å². The first-order valence-corrected chi connectivity index (χ1v) is 7.27. The Bertz CT molecular complexity index is 431. The number of thioether (sulfide) groups is 1. The molecule has 1 aliphatic rings. The predicted octanol–water partition coefficient (Wildman–Crippen LogP) is 1.86. The van der Waals surface area contributed by atoms with Gasteiger partial charge < -0.3 is 15.4 Å². The molecule has 1 heterocycles. The summed E-state index contributed by atoms with van der Waals surface area (Å²) in [6.07, 6.45) is 0. The van der Waals surface area contributed by atoms with Crippen LogP contribution in [0.4, 0.5) is 5.69 Å². The van der Waals surface area contributed by atoms with Gasteiger partial charge in [-0.3, -0.25) is 4.79 Å². The van der Waals surface area contributed by atoms with Crippen molar-refractivity contribution in [1.29, 1.82) is 0 Å². The Labute approximate surface area is 111 Å². The molecule has 0 bridgehead atoms. The number of para-hydroxylation sites is 1. The fraction of sp³-hybridized carbons (Fsp3) is 0.462. The minimum absolute atomic E-state index is 0.0195. The first kappa shape index (κ1) is 13.1. The topological polar surface area (TPSA) is 55.6 Å². The molecule has 1 aliphatic heterocycles. The molecule has 0 radical (unpaired) electrons. The van der Waals surface area contributed by atoms with E-state index in [9.17, 15) is 4.79 Å². The molecule has 1 fully saturated rings. The maximum absolute atomic E-state index is 12.4. The van der Waals surface area contributed by atoms with E-state index >= 15 is 0 Å². The molecule has 5 heteroatoms. The summed E-state index contributed by atoms with van der Waals surface area (Å²) < 4.78 is 5.50. The molecule has 0 aromatic heterocycles. The van der Waals surface area contributed by atoms with Gasteiger partial charge in [-0.05, 0) is 19.1 Å². The average molecular weight is 266 g/mol. The molecule has 1 amide bonds. The standard InChI is InChI=1S/C13H18N2O2S/c1-2-17-12-10(4-3-5-11(12)14)13(16)15-6-8-18-9-7-15/h3-5H,2,6-9,14H2,1H3. The van der Waals surface area contributed by atoms with Gasteiger partial charge in [0.1, 0.15) is 0 Å². The van der Waals surface area contributed by atoms with Crippen LogP contribution in [0.15, 0.2) is 18.2 Å². The second-order valence-electron chi connectivity index (χ2n) is 4.06. The zero-order valence-corrected chi connectivity index (χ0v) is 11.3. The largest absolute Gasteiger partial charge is 0.491 e. The lowest BCUT2D eigenvalue weighted by atomic mass is 10.1. The minimum Gasteiger partial charge on any atom is -0.491 e. The molecule has 0 saturated carbocycles. The normalized spacial score (nSPS) is 15.5. The van der Waals surface area contributed by atoms with Gasteiger partial charge in [-0.2, -0.15) is 11.8 Å². The zero-order valence-electron chi connectivity index (χ0n) is 10.5. The van der Waals surface area contributed by atoms with Gasteiger partial charge in [0, 0.05) is 24.6 Å². The van der Waals surface area contributed by atoms with Crippen molar-refractivity contribution < 1.29 is 9.53 Å². The lowest BCUT2D eigenvalue weighted by Crippen LogP contribution is -2.38. The molecule has 0 aliphatic carbocycles. The van der Waals surface area contributed by atoms with Gasteiger partial charge in [-0.1, -0.05) is 6.07 Å². The lowest BCUT2D eigenvalue weighted by Gasteiger charge is -2.27. The van der Waals surface area contributed by atoms with Crippen molar-refractivity contribution in [1.82, 2.24) is 4.90 Å². The summed E-state index contributed by atoms with van der Waals surface area (Å²) in [6.45, 7) is 3.98. The number of hydrogen-bond acceptors (Lipinski definition) is 4. The highest BCUT2D eigenvalue weighted by atomic mass is 32.2. The molecule has 2 N–H and O–H groups in total. The van der Waals surface area contributed by atoms with Crippen LogP contribution in [0.1, 0.15) is 17.3 Å². The smallest absolute Gasteiger partial charge is 0.257 e. The molecule has 2 rings (SSSR count). The molecular formula is C13H18N2O2S. The van der Waals surface area contributed by atoms with Crippen LogP contribution in [0.25, 0.3) is 0 Å². The number of nitrogens with zero attached hydrogens (tertiary/aromatic N) is 1. The Morgan fingerprint density at radius 3 is 2.83 bits per heavy atom. The van der Waals surface area contributed by atoms with E-state index in [2.05, 4.69) is 0 Å². The van der Waals surface area contributed by atoms with Crippen molar-refractivity contribution in [2.24, 2.45) is 0 Å². The van der Waals surface area contributed by atoms with Crippen LogP contribution in [-0.4, -0.2) is 42.0 Å². The van der Waals surface area contributed by atoms with Crippen LogP contribution in [0.5, 0.6) is 5.75 Å². The van der Waals surface area contributed by atoms with Crippen LogP contribution < -0.4 is 10.5 Å². The van der Waals surface area contributed by atoms with Crippen molar-refractivity contribution in [2.75, 3.05) is 36.9 Å². The van der Waals surface area contributed by atoms with Crippen molar-refractivity contribution in [2.45, 2.75) is 6.92 Å². The van der Waals surface area contributed by atoms with Crippen molar-refractivity contribution in [3.05, 3.63) is 23.8 Å². The number of anilines is 1. The van der Waals surface area contributed by atoms with Crippen LogP contribution in [0.3, 0.4) is 0 Å². The van der Waals surface area contributed by atoms with Crippen LogP contribution in [-0.2, 0) is 0 Å². The highest BCUT2D eigenvalue weighted by molar-refractivity contribution is 7.99. The van der Waals surface area contributed by atoms with Crippen LogP contribution in [0.2, 0.25) is 0 Å². The summed E-state index contributed by atoms with van der Waals surface area (Å²) in [5.41, 5.74) is 6.97. The predicted molar refractivity (Wildman–Crippen MR) is 75.3 cm³/mol. The van der Waals surface area contributed by atoms with E-state index < -0.39 is 0 Å². The number of hydrogen-bond donors (Lipinski definition) is 1. The number of ether oxygens (including phenoxy) is 1. The summed E-state index contributed by atoms with van der Waals surface area (Å²) in [6, 6.07) is 5.34. The monoisotopic (exact) mass is 266 g/mol. The molecule has 18 heavy (non-hydrogen) atoms. The number of carbonyl (C=O) groups is 1. The first-order chi connectivity index (χ1) is 8.74. The third kappa shape index (κ3) is 2.72. The molecule has 0 unspecified atom stereocenters. The number of carbonyl (C=O) groups excluding carboxylic acids is 1. The van der Waals surface area contributed by atoms with E-state index in [0.717, 1.165) is 24.6 Å². The summed E-state index contributed by atoms with van der Waals surface area (Å²) >= 11 is 1.88. The fourth-order valence-corrected chi connectivity index (χ4v) is 2.87. The minimum atomic E-state index is 0.0195. The number of nitrogens with two attached hydrogens (primary N) is 1. The summed E-state index contributed by atoms with van der Waals surface area (Å²) in [5, 5.41) is 0. The van der Waals surface area contributed by atoms with Gasteiger partial charge in [-0.25, -0.2) is 0 Å². The molecule has 4 nitrogen and oxygen atoms in total. The van der Waals surface area contributed by atoms with E-state index in [4.69, 9.17) is 10.5 Å². The first-order valence-electron chi connectivity index (χ1n) is 6.12. The summed E-state index contributed by atoms with van der Waals surface area (Å²) in [4.78, 5) is 14.3. The van der Waals surface area contributed by atoms with Gasteiger partial charge >= 0.3 is 0 Å². The van der Waals surface area contributed by atoms with Crippen molar-refractivity contribution >= 4 is 23.4 Å². The highest BCUT2D eigenvalue weighted by Crippen LogP contribution is 2.28. The molecule has 98 valence electrons. The van der Waals surface area contributed by atoms with Crippen molar-refractivity contribution in [3.8, 4) is 5.75 Å². The second-order valence-corrected chi connectivity index (χ2v) is 5.29. The number of nitrogen functional groups attached to an aromatic ring is 1. The van der Waals surface area contributed by atoms with Gasteiger partial charge in [0.05, 0.1) is 17.9 Å². The third-order valence-electron chi connectivity index (χ3n) is 2.86. The van der Waals surface area contributed by atoms with Crippen LogP contribution >= 0.6 is 11.8 Å². The SMILES string of the molecule is CCOc1c(N)cccc1C(=O)N1CCSCC1. The quantitative estimate of drug-likeness (QED) is 0.848. The van der Waals surface area contributed by atoms with E-state index in [1.54, 1.807) is 18.2 Å². The maximum Gasteiger partial charge on any atom is 0.257 e. The van der Waals surface area contributed by atoms with E-state index in [1.165, 1.54) is 0 Å². The summed E-state index contributed by atoms with van der Waals surface area (Å²) in [7, 11) is 0. The second kappa shape index (κ2) is 6.00. The number of benzene rings is 1. The van der Waals surface area contributed by atoms with Gasteiger partial charge in [0.15, 0.2) is 5.75 Å². The van der Waals surface area contributed by atoms with Crippen molar-refractivity contribution in [3.63, 3.8) is 0 Å². The molecule has 1 aromatic carbocycles. The van der Waals surface area contributed by atoms with Gasteiger partial charge in [0.25, 0.3) is 5.91 Å². The molecule has 0 atom stereocenters. The van der Waals surface area contributed by atoms with Gasteiger partial charge in [-0.15, -0.1) is 0 Å². The van der Waals surface area contributed by atoms with E-state index in [0.29, 0.717) is 23.6 Å². The van der Waals surface area contributed by atoms with Gasteiger partial charge in [0.2, 0.25) is 0 Å². The Morgan fingerprint density at radius 2 is 2.17 bits per heavy atom. The fourth-order valence-electron chi connectivity index (χ4n) is 1.97. The molecule has 1 aromatic rings. The van der Waals surface area contributed by atoms with Crippen LogP contribution in [0, 0.1) is 0 Å².